The number of hydrogen-bond donors (Lipinski definition) is 0. The van der Waals surface area contributed by atoms with Crippen LogP contribution in [0.4, 0.5) is 0 Å². The van der Waals surface area contributed by atoms with Gasteiger partial charge in [-0.05, 0) is 29.7 Å². The lowest BCUT2D eigenvalue weighted by molar-refractivity contribution is 1.21. The molecule has 19 heavy (non-hydrogen) atoms. The van der Waals surface area contributed by atoms with E-state index in [1.54, 1.807) is 0 Å². The predicted octanol–water partition coefficient (Wildman–Crippen LogP) is 4.54. The topological polar surface area (TPSA) is 12.9 Å². The summed E-state index contributed by atoms with van der Waals surface area (Å²) >= 11 is 0. The zero-order valence-corrected chi connectivity index (χ0v) is 11.5. The summed E-state index contributed by atoms with van der Waals surface area (Å²) in [6.07, 6.45) is 1.02. The highest BCUT2D eigenvalue weighted by atomic mass is 35.5. The van der Waals surface area contributed by atoms with E-state index in [1.165, 1.54) is 33.3 Å². The summed E-state index contributed by atoms with van der Waals surface area (Å²) < 4.78 is 0. The van der Waals surface area contributed by atoms with Crippen molar-refractivity contribution in [3.05, 3.63) is 65.2 Å². The predicted molar refractivity (Wildman–Crippen MR) is 82.0 cm³/mol. The van der Waals surface area contributed by atoms with Crippen LogP contribution in [-0.4, -0.2) is 4.98 Å². The van der Waals surface area contributed by atoms with Gasteiger partial charge in [0.2, 0.25) is 0 Å². The third-order valence-electron chi connectivity index (χ3n) is 3.92. The molecule has 0 N–H and O–H groups in total. The number of hydrogen-bond acceptors (Lipinski definition) is 1. The summed E-state index contributed by atoms with van der Waals surface area (Å²) in [5.74, 6) is 0. The molecule has 0 amide bonds. The first kappa shape index (κ1) is 12.2. The van der Waals surface area contributed by atoms with Crippen molar-refractivity contribution in [3.63, 3.8) is 0 Å². The summed E-state index contributed by atoms with van der Waals surface area (Å²) in [7, 11) is 0. The Bertz CT molecular complexity index is 777. The SMILES string of the molecule is Cc1c2c(nc3ccccc13)-c1ccccc1C2.Cl. The molecule has 0 atom stereocenters. The lowest BCUT2D eigenvalue weighted by Crippen LogP contribution is -1.92. The zero-order chi connectivity index (χ0) is 12.1. The molecular weight excluding hydrogens is 254 g/mol. The van der Waals surface area contributed by atoms with Crippen LogP contribution in [0.25, 0.3) is 22.2 Å². The zero-order valence-electron chi connectivity index (χ0n) is 10.7. The Hall–Kier alpha value is -1.86. The minimum Gasteiger partial charge on any atom is -0.247 e. The minimum atomic E-state index is 0. The van der Waals surface area contributed by atoms with E-state index in [0.717, 1.165) is 11.9 Å². The summed E-state index contributed by atoms with van der Waals surface area (Å²) in [4.78, 5) is 4.86. The van der Waals surface area contributed by atoms with E-state index in [4.69, 9.17) is 4.98 Å². The van der Waals surface area contributed by atoms with Crippen molar-refractivity contribution < 1.29 is 0 Å². The molecule has 3 aromatic rings. The molecule has 1 nitrogen and oxygen atoms in total. The van der Waals surface area contributed by atoms with E-state index < -0.39 is 0 Å². The van der Waals surface area contributed by atoms with Crippen LogP contribution in [0, 0.1) is 6.92 Å². The smallest absolute Gasteiger partial charge is 0.0750 e. The molecule has 2 heteroatoms. The molecular formula is C17H14ClN. The number of aryl methyl sites for hydroxylation is 1. The van der Waals surface area contributed by atoms with Crippen molar-refractivity contribution >= 4 is 23.3 Å². The van der Waals surface area contributed by atoms with Crippen LogP contribution in [0.5, 0.6) is 0 Å². The van der Waals surface area contributed by atoms with E-state index in [0.29, 0.717) is 0 Å². The van der Waals surface area contributed by atoms with Gasteiger partial charge in [0.15, 0.2) is 0 Å². The van der Waals surface area contributed by atoms with E-state index >= 15 is 0 Å². The van der Waals surface area contributed by atoms with Gasteiger partial charge in [-0.2, -0.15) is 0 Å². The average molecular weight is 268 g/mol. The second kappa shape index (κ2) is 4.36. The number of benzene rings is 2. The highest BCUT2D eigenvalue weighted by Crippen LogP contribution is 2.38. The molecule has 1 heterocycles. The second-order valence-corrected chi connectivity index (χ2v) is 4.92. The Morgan fingerprint density at radius 2 is 1.68 bits per heavy atom. The fraction of sp³-hybridized carbons (Fsp3) is 0.118. The number of rotatable bonds is 0. The van der Waals surface area contributed by atoms with Gasteiger partial charge in [-0.25, -0.2) is 4.98 Å². The molecule has 1 aliphatic carbocycles. The highest BCUT2D eigenvalue weighted by Gasteiger charge is 2.22. The quantitative estimate of drug-likeness (QED) is 0.456. The maximum absolute atomic E-state index is 4.86. The number of para-hydroxylation sites is 1. The van der Waals surface area contributed by atoms with E-state index in [2.05, 4.69) is 55.5 Å². The third kappa shape index (κ3) is 1.66. The van der Waals surface area contributed by atoms with E-state index in [1.807, 2.05) is 0 Å². The number of halogens is 1. The van der Waals surface area contributed by atoms with Crippen LogP contribution in [-0.2, 0) is 6.42 Å². The standard InChI is InChI=1S/C17H13N.ClH/c1-11-13-7-4-5-9-16(13)18-17-14-8-3-2-6-12(14)10-15(11)17;/h2-9H,10H2,1H3;1H. The van der Waals surface area contributed by atoms with Crippen LogP contribution < -0.4 is 0 Å². The minimum absolute atomic E-state index is 0. The second-order valence-electron chi connectivity index (χ2n) is 4.92. The van der Waals surface area contributed by atoms with Crippen molar-refractivity contribution in [2.45, 2.75) is 13.3 Å². The lowest BCUT2D eigenvalue weighted by Gasteiger charge is -2.08. The summed E-state index contributed by atoms with van der Waals surface area (Å²) in [5, 5.41) is 1.28. The first-order chi connectivity index (χ1) is 8.84. The van der Waals surface area contributed by atoms with Crippen LogP contribution in [0.1, 0.15) is 16.7 Å². The molecule has 0 unspecified atom stereocenters. The fourth-order valence-corrected chi connectivity index (χ4v) is 2.95. The monoisotopic (exact) mass is 267 g/mol. The number of pyridine rings is 1. The molecule has 0 bridgehead atoms. The molecule has 1 aliphatic rings. The third-order valence-corrected chi connectivity index (χ3v) is 3.92. The van der Waals surface area contributed by atoms with Crippen LogP contribution in [0.2, 0.25) is 0 Å². The highest BCUT2D eigenvalue weighted by molar-refractivity contribution is 5.89. The van der Waals surface area contributed by atoms with Crippen molar-refractivity contribution in [1.82, 2.24) is 4.98 Å². The Balaban J connectivity index is 0.00000110. The van der Waals surface area contributed by atoms with Crippen LogP contribution in [0.3, 0.4) is 0 Å². The fourth-order valence-electron chi connectivity index (χ4n) is 2.95. The van der Waals surface area contributed by atoms with E-state index in [-0.39, 0.29) is 12.4 Å². The molecule has 0 aliphatic heterocycles. The maximum atomic E-state index is 4.86. The van der Waals surface area contributed by atoms with Gasteiger partial charge in [0, 0.05) is 17.4 Å². The number of nitrogens with zero attached hydrogens (tertiary/aromatic N) is 1. The van der Waals surface area contributed by atoms with Crippen LogP contribution in [0.15, 0.2) is 48.5 Å². The Labute approximate surface area is 118 Å². The molecule has 2 aromatic carbocycles. The molecule has 0 saturated carbocycles. The first-order valence-electron chi connectivity index (χ1n) is 6.31. The molecule has 0 saturated heterocycles. The Morgan fingerprint density at radius 3 is 2.58 bits per heavy atom. The summed E-state index contributed by atoms with van der Waals surface area (Å²) in [5.41, 5.74) is 7.77. The van der Waals surface area contributed by atoms with Gasteiger partial charge in [0.05, 0.1) is 11.2 Å². The van der Waals surface area contributed by atoms with Gasteiger partial charge in [-0.3, -0.25) is 0 Å². The Kier molecular flexibility index (Phi) is 2.79. The molecule has 0 fully saturated rings. The number of fused-ring (bicyclic) bond motifs is 4. The molecule has 0 spiro atoms. The average Bonchev–Trinajstić information content (AvgIpc) is 2.79. The van der Waals surface area contributed by atoms with Crippen molar-refractivity contribution in [3.8, 4) is 11.3 Å². The maximum Gasteiger partial charge on any atom is 0.0750 e. The summed E-state index contributed by atoms with van der Waals surface area (Å²) in [6.45, 7) is 2.22. The van der Waals surface area contributed by atoms with Crippen molar-refractivity contribution in [1.29, 1.82) is 0 Å². The van der Waals surface area contributed by atoms with Crippen molar-refractivity contribution in [2.75, 3.05) is 0 Å². The van der Waals surface area contributed by atoms with E-state index in [9.17, 15) is 0 Å². The largest absolute Gasteiger partial charge is 0.247 e. The van der Waals surface area contributed by atoms with Gasteiger partial charge >= 0.3 is 0 Å². The van der Waals surface area contributed by atoms with Gasteiger partial charge in [0.25, 0.3) is 0 Å². The molecule has 94 valence electrons. The van der Waals surface area contributed by atoms with Gasteiger partial charge in [-0.1, -0.05) is 42.5 Å². The van der Waals surface area contributed by atoms with Gasteiger partial charge in [-0.15, -0.1) is 12.4 Å². The molecule has 4 rings (SSSR count). The van der Waals surface area contributed by atoms with Gasteiger partial charge in [0.1, 0.15) is 0 Å². The Morgan fingerprint density at radius 1 is 0.947 bits per heavy atom. The molecule has 0 radical (unpaired) electrons. The lowest BCUT2D eigenvalue weighted by atomic mass is 10.0. The normalized spacial score (nSPS) is 11.8. The van der Waals surface area contributed by atoms with Crippen LogP contribution >= 0.6 is 12.4 Å². The van der Waals surface area contributed by atoms with Gasteiger partial charge < -0.3 is 0 Å². The summed E-state index contributed by atoms with van der Waals surface area (Å²) in [6, 6.07) is 17.0. The first-order valence-corrected chi connectivity index (χ1v) is 6.31. The molecule has 1 aromatic heterocycles. The number of aromatic nitrogens is 1. The van der Waals surface area contributed by atoms with Crippen molar-refractivity contribution in [2.24, 2.45) is 0 Å².